The zero-order valence-corrected chi connectivity index (χ0v) is 13.1. The van der Waals surface area contributed by atoms with Crippen LogP contribution in [0.15, 0.2) is 30.3 Å². The van der Waals surface area contributed by atoms with Crippen molar-refractivity contribution in [3.63, 3.8) is 0 Å². The molecule has 118 valence electrons. The van der Waals surface area contributed by atoms with Crippen LogP contribution in [-0.4, -0.2) is 37.7 Å². The zero-order valence-electron chi connectivity index (χ0n) is 13.1. The van der Waals surface area contributed by atoms with Crippen molar-refractivity contribution in [1.29, 1.82) is 0 Å². The first-order valence-corrected chi connectivity index (χ1v) is 7.85. The van der Waals surface area contributed by atoms with Crippen molar-refractivity contribution >= 4 is 11.5 Å². The summed E-state index contributed by atoms with van der Waals surface area (Å²) >= 11 is 0. The summed E-state index contributed by atoms with van der Waals surface area (Å²) in [6, 6.07) is 9.28. The second kappa shape index (κ2) is 5.18. The van der Waals surface area contributed by atoms with Gasteiger partial charge in [0, 0.05) is 18.4 Å². The summed E-state index contributed by atoms with van der Waals surface area (Å²) < 4.78 is 0.774. The van der Waals surface area contributed by atoms with Gasteiger partial charge in [0.25, 0.3) is 0 Å². The van der Waals surface area contributed by atoms with Gasteiger partial charge in [-0.25, -0.2) is 0 Å². The minimum Gasteiger partial charge on any atom is -0.622 e. The van der Waals surface area contributed by atoms with E-state index >= 15 is 0 Å². The fourth-order valence-corrected chi connectivity index (χ4v) is 3.76. The molecule has 1 aromatic carbocycles. The number of hydrogen-bond donors (Lipinski definition) is 1. The average molecular weight is 302 g/mol. The van der Waals surface area contributed by atoms with Gasteiger partial charge in [-0.15, -0.1) is 5.06 Å². The van der Waals surface area contributed by atoms with Crippen LogP contribution in [0.2, 0.25) is 0 Å². The maximum atomic E-state index is 13.1. The number of ketones is 1. The molecule has 1 atom stereocenters. The third-order valence-electron chi connectivity index (χ3n) is 4.92. The van der Waals surface area contributed by atoms with Gasteiger partial charge in [-0.3, -0.25) is 4.79 Å². The molecule has 1 aromatic rings. The topological polar surface area (TPSA) is 66.6 Å². The number of nitrogens with zero attached hydrogens (tertiary/aromatic N) is 2. The van der Waals surface area contributed by atoms with Gasteiger partial charge in [0.15, 0.2) is 0 Å². The maximum Gasteiger partial charge on any atom is 0.310 e. The number of Topliss-reactive ketones (excluding diaryl/α,β-unsaturated/α-hetero) is 1. The fraction of sp³-hybridized carbons (Fsp3) is 0.529. The molecular weight excluding hydrogens is 280 g/mol. The Labute approximate surface area is 130 Å². The summed E-state index contributed by atoms with van der Waals surface area (Å²) in [7, 11) is 0. The first-order valence-electron chi connectivity index (χ1n) is 7.85. The molecule has 2 aliphatic rings. The summed E-state index contributed by atoms with van der Waals surface area (Å²) in [5.41, 5.74) is -1.19. The van der Waals surface area contributed by atoms with Crippen LogP contribution in [0.3, 0.4) is 0 Å². The summed E-state index contributed by atoms with van der Waals surface area (Å²) in [4.78, 5) is 12.7. The summed E-state index contributed by atoms with van der Waals surface area (Å²) in [5.74, 6) is -0.179. The van der Waals surface area contributed by atoms with E-state index in [1.54, 1.807) is 13.8 Å². The van der Waals surface area contributed by atoms with Gasteiger partial charge in [-0.05, 0) is 38.8 Å². The molecule has 0 unspecified atom stereocenters. The van der Waals surface area contributed by atoms with Gasteiger partial charge in [-0.2, -0.15) is 4.74 Å². The van der Waals surface area contributed by atoms with Gasteiger partial charge in [0.2, 0.25) is 11.5 Å². The second-order valence-corrected chi connectivity index (χ2v) is 6.68. The Hall–Kier alpha value is -1.72. The number of hydrogen-bond acceptors (Lipinski definition) is 4. The van der Waals surface area contributed by atoms with Crippen LogP contribution >= 0.6 is 0 Å². The predicted molar refractivity (Wildman–Crippen MR) is 82.7 cm³/mol. The van der Waals surface area contributed by atoms with Crippen LogP contribution in [0, 0.1) is 5.21 Å². The first kappa shape index (κ1) is 15.2. The quantitative estimate of drug-likeness (QED) is 0.640. The minimum absolute atomic E-state index is 0.179. The highest BCUT2D eigenvalue weighted by Crippen LogP contribution is 2.41. The normalized spacial score (nSPS) is 29.1. The van der Waals surface area contributed by atoms with Crippen LogP contribution in [0.25, 0.3) is 0 Å². The lowest BCUT2D eigenvalue weighted by molar-refractivity contribution is -0.572. The highest BCUT2D eigenvalue weighted by atomic mass is 16.6. The molecule has 3 rings (SSSR count). The van der Waals surface area contributed by atoms with Gasteiger partial charge in [0.1, 0.15) is 5.54 Å². The van der Waals surface area contributed by atoms with E-state index in [2.05, 4.69) is 0 Å². The molecule has 1 aliphatic heterocycles. The highest BCUT2D eigenvalue weighted by molar-refractivity contribution is 6.06. The summed E-state index contributed by atoms with van der Waals surface area (Å²) in [5, 5.41) is 24.9. The molecule has 1 saturated carbocycles. The molecule has 1 spiro atoms. The highest BCUT2D eigenvalue weighted by Gasteiger charge is 2.65. The number of carbonyl (C=O) groups is 1. The number of benzene rings is 1. The predicted octanol–water partition coefficient (Wildman–Crippen LogP) is 2.70. The Kier molecular flexibility index (Phi) is 3.57. The molecule has 0 aromatic heterocycles. The molecular formula is C17H22N2O3. The lowest BCUT2D eigenvalue weighted by atomic mass is 9.92. The van der Waals surface area contributed by atoms with Crippen molar-refractivity contribution in [2.75, 3.05) is 0 Å². The molecule has 5 nitrogen and oxygen atoms in total. The van der Waals surface area contributed by atoms with E-state index in [4.69, 9.17) is 0 Å². The number of rotatable bonds is 1. The first-order chi connectivity index (χ1) is 10.4. The molecule has 0 saturated heterocycles. The van der Waals surface area contributed by atoms with Crippen LogP contribution in [0.4, 0.5) is 0 Å². The van der Waals surface area contributed by atoms with Crippen molar-refractivity contribution in [1.82, 2.24) is 5.06 Å². The van der Waals surface area contributed by atoms with Crippen LogP contribution < -0.4 is 0 Å². The van der Waals surface area contributed by atoms with E-state index in [0.29, 0.717) is 18.6 Å². The monoisotopic (exact) mass is 302 g/mol. The van der Waals surface area contributed by atoms with Crippen LogP contribution in [-0.2, 0) is 4.79 Å². The Bertz CT molecular complexity index is 624. The van der Waals surface area contributed by atoms with E-state index in [1.165, 1.54) is 0 Å². The van der Waals surface area contributed by atoms with Crippen molar-refractivity contribution in [2.45, 2.75) is 57.2 Å². The van der Waals surface area contributed by atoms with E-state index in [1.807, 2.05) is 30.3 Å². The van der Waals surface area contributed by atoms with Crippen molar-refractivity contribution < 1.29 is 14.7 Å². The second-order valence-electron chi connectivity index (χ2n) is 6.68. The van der Waals surface area contributed by atoms with Crippen molar-refractivity contribution in [2.24, 2.45) is 0 Å². The lowest BCUT2D eigenvalue weighted by Gasteiger charge is -2.33. The van der Waals surface area contributed by atoms with Gasteiger partial charge < -0.3 is 10.4 Å². The maximum absolute atomic E-state index is 13.1. The fourth-order valence-electron chi connectivity index (χ4n) is 3.76. The van der Waals surface area contributed by atoms with Crippen LogP contribution in [0.1, 0.15) is 51.5 Å². The minimum atomic E-state index is -1.47. The molecule has 0 amide bonds. The number of carbonyl (C=O) groups excluding carboxylic acids is 1. The van der Waals surface area contributed by atoms with E-state index < -0.39 is 11.2 Å². The zero-order chi connectivity index (χ0) is 16.0. The van der Waals surface area contributed by atoms with Gasteiger partial charge in [0.05, 0.1) is 0 Å². The SMILES string of the molecule is CC1(C)C(c2ccccc2)=[N+]([O-])[C@@]2(CCCCCC2=O)N1O. The van der Waals surface area contributed by atoms with E-state index in [-0.39, 0.29) is 5.78 Å². The van der Waals surface area contributed by atoms with Gasteiger partial charge >= 0.3 is 5.66 Å². The Morgan fingerprint density at radius 1 is 1.18 bits per heavy atom. The summed E-state index contributed by atoms with van der Waals surface area (Å²) in [6.07, 6.45) is 3.17. The van der Waals surface area contributed by atoms with Crippen molar-refractivity contribution in [3.05, 3.63) is 41.1 Å². The third kappa shape index (κ3) is 1.92. The Morgan fingerprint density at radius 3 is 2.55 bits per heavy atom. The Balaban J connectivity index is 2.21. The summed E-state index contributed by atoms with van der Waals surface area (Å²) in [6.45, 7) is 3.57. The largest absolute Gasteiger partial charge is 0.622 e. The van der Waals surface area contributed by atoms with E-state index in [0.717, 1.165) is 34.6 Å². The third-order valence-corrected chi connectivity index (χ3v) is 4.92. The molecule has 1 N–H and O–H groups in total. The Morgan fingerprint density at radius 2 is 1.86 bits per heavy atom. The molecule has 22 heavy (non-hydrogen) atoms. The molecule has 1 aliphatic carbocycles. The molecule has 1 fully saturated rings. The van der Waals surface area contributed by atoms with Crippen molar-refractivity contribution in [3.8, 4) is 0 Å². The molecule has 0 radical (unpaired) electrons. The standard InChI is InChI=1S/C17H22N2O3/c1-16(2)15(13-9-5-3-6-10-13)18(21)17(19(16)22)12-8-4-7-11-14(17)20/h3,5-6,9-10,22H,4,7-8,11-12H2,1-2H3/t17-/m0/s1. The molecule has 5 heteroatoms. The van der Waals surface area contributed by atoms with Gasteiger partial charge in [-0.1, -0.05) is 24.6 Å². The smallest absolute Gasteiger partial charge is 0.310 e. The number of hydroxylamine groups is 3. The van der Waals surface area contributed by atoms with Crippen LogP contribution in [0.5, 0.6) is 0 Å². The molecule has 1 heterocycles. The molecule has 0 bridgehead atoms. The lowest BCUT2D eigenvalue weighted by Crippen LogP contribution is -2.59. The van der Waals surface area contributed by atoms with E-state index in [9.17, 15) is 15.2 Å². The average Bonchev–Trinajstić information content (AvgIpc) is 2.64.